The van der Waals surface area contributed by atoms with Crippen molar-refractivity contribution in [1.82, 2.24) is 0 Å². The second-order valence-electron chi connectivity index (χ2n) is 11.4. The van der Waals surface area contributed by atoms with Crippen LogP contribution in [0, 0.1) is 28.6 Å². The van der Waals surface area contributed by atoms with Gasteiger partial charge in [0.25, 0.3) is 0 Å². The molecule has 4 aliphatic carbocycles. The molecule has 37 heavy (non-hydrogen) atoms. The number of hydrogen-bond donors (Lipinski definition) is 1. The Morgan fingerprint density at radius 1 is 1.22 bits per heavy atom. The molecule has 204 valence electrons. The Morgan fingerprint density at radius 2 is 1.92 bits per heavy atom. The quantitative estimate of drug-likeness (QED) is 0.485. The molecular formula is C28H37FO7S. The molecule has 9 heteroatoms. The van der Waals surface area contributed by atoms with Crippen LogP contribution < -0.4 is 0 Å². The first-order valence-electron chi connectivity index (χ1n) is 13.2. The summed E-state index contributed by atoms with van der Waals surface area (Å²) in [5, 5.41) is 11.0. The zero-order chi connectivity index (χ0) is 27.4. The number of thioether (sulfide) groups is 1. The first kappa shape index (κ1) is 28.0. The summed E-state index contributed by atoms with van der Waals surface area (Å²) in [5.74, 6) is -2.83. The number of ketones is 2. The van der Waals surface area contributed by atoms with Gasteiger partial charge in [-0.05, 0) is 69.4 Å². The summed E-state index contributed by atoms with van der Waals surface area (Å²) in [6.07, 6.45) is 4.30. The molecule has 7 nitrogen and oxygen atoms in total. The fraction of sp³-hybridized carbons (Fsp3) is 0.714. The first-order chi connectivity index (χ1) is 17.3. The van der Waals surface area contributed by atoms with E-state index in [1.54, 1.807) is 26.8 Å². The standard InChI is InChI=1S/C28H37FO7S/c1-6-23(33)36-28(22(32)15-37-24(34)35-7-2)16(3)12-20-19-9-8-17-13-18(30)10-11-25(17,4)27(19,29)21(31)14-26(20,28)5/h10-11,13,16,19-21,31H,6-9,12,14-15H2,1-5H3/t16-,19-,20-,21-,25-,26-,27-,28-/m0/s1. The number of alkyl halides is 1. The van der Waals surface area contributed by atoms with Crippen molar-refractivity contribution in [2.24, 2.45) is 28.6 Å². The van der Waals surface area contributed by atoms with E-state index in [0.717, 1.165) is 11.8 Å². The number of fused-ring (bicyclic) bond motifs is 5. The predicted molar refractivity (Wildman–Crippen MR) is 137 cm³/mol. The number of carbonyl (C=O) groups is 4. The molecule has 0 heterocycles. The fourth-order valence-electron chi connectivity index (χ4n) is 8.04. The summed E-state index contributed by atoms with van der Waals surface area (Å²) in [6.45, 7) is 8.89. The Morgan fingerprint density at radius 3 is 2.57 bits per heavy atom. The van der Waals surface area contributed by atoms with E-state index in [0.29, 0.717) is 24.8 Å². The van der Waals surface area contributed by atoms with Crippen LogP contribution in [0.3, 0.4) is 0 Å². The van der Waals surface area contributed by atoms with Crippen molar-refractivity contribution in [3.8, 4) is 0 Å². The van der Waals surface area contributed by atoms with Gasteiger partial charge in [0.15, 0.2) is 22.8 Å². The third-order valence-corrected chi connectivity index (χ3v) is 10.5. The monoisotopic (exact) mass is 536 g/mol. The summed E-state index contributed by atoms with van der Waals surface area (Å²) in [6, 6.07) is 0. The van der Waals surface area contributed by atoms with Gasteiger partial charge >= 0.3 is 11.3 Å². The number of allylic oxidation sites excluding steroid dienone is 4. The van der Waals surface area contributed by atoms with E-state index in [-0.39, 0.29) is 36.9 Å². The number of hydrogen-bond acceptors (Lipinski definition) is 8. The highest BCUT2D eigenvalue weighted by Gasteiger charge is 2.77. The minimum absolute atomic E-state index is 0.0532. The number of ether oxygens (including phenoxy) is 2. The highest BCUT2D eigenvalue weighted by molar-refractivity contribution is 8.13. The molecule has 4 aliphatic rings. The van der Waals surface area contributed by atoms with Crippen LogP contribution in [0.15, 0.2) is 23.8 Å². The average Bonchev–Trinajstić information content (AvgIpc) is 3.06. The van der Waals surface area contributed by atoms with Crippen molar-refractivity contribution < 1.29 is 38.1 Å². The van der Waals surface area contributed by atoms with Crippen molar-refractivity contribution in [3.63, 3.8) is 0 Å². The molecule has 0 bridgehead atoms. The molecule has 0 saturated heterocycles. The molecule has 0 aromatic carbocycles. The topological polar surface area (TPSA) is 107 Å². The first-order valence-corrected chi connectivity index (χ1v) is 14.2. The predicted octanol–water partition coefficient (Wildman–Crippen LogP) is 4.75. The van der Waals surface area contributed by atoms with Gasteiger partial charge in [-0.25, -0.2) is 9.18 Å². The normalized spacial score (nSPS) is 42.2. The van der Waals surface area contributed by atoms with Gasteiger partial charge in [-0.2, -0.15) is 0 Å². The molecule has 3 saturated carbocycles. The van der Waals surface area contributed by atoms with Crippen LogP contribution in [-0.2, 0) is 23.9 Å². The summed E-state index contributed by atoms with van der Waals surface area (Å²) in [7, 11) is 0. The van der Waals surface area contributed by atoms with Crippen LogP contribution in [0.4, 0.5) is 9.18 Å². The lowest BCUT2D eigenvalue weighted by Gasteiger charge is -2.62. The lowest BCUT2D eigenvalue weighted by molar-refractivity contribution is -0.226. The zero-order valence-electron chi connectivity index (χ0n) is 22.2. The van der Waals surface area contributed by atoms with E-state index < -0.39 is 57.1 Å². The second kappa shape index (κ2) is 9.63. The fourth-order valence-corrected chi connectivity index (χ4v) is 8.71. The molecule has 4 rings (SSSR count). The van der Waals surface area contributed by atoms with Crippen LogP contribution in [0.1, 0.15) is 66.7 Å². The van der Waals surface area contributed by atoms with Crippen LogP contribution in [-0.4, -0.2) is 57.7 Å². The number of rotatable bonds is 6. The maximum absolute atomic E-state index is 17.4. The minimum atomic E-state index is -2.05. The molecule has 8 atom stereocenters. The van der Waals surface area contributed by atoms with E-state index in [1.807, 2.05) is 13.8 Å². The third kappa shape index (κ3) is 3.86. The Hall–Kier alpha value is -2.00. The SMILES string of the molecule is CCOC(=O)SCC(=O)[C@@]1(OC(=O)CC)[C@@H](C)C[C@H]2[C@@H]3CCC4=CC(=O)C=C[C@]4(C)[C@@]3(F)[C@@H](O)C[C@@]21C. The molecule has 0 radical (unpaired) electrons. The lowest BCUT2D eigenvalue weighted by Crippen LogP contribution is -2.70. The maximum Gasteiger partial charge on any atom is 0.367 e. The Labute approximate surface area is 221 Å². The van der Waals surface area contributed by atoms with Crippen LogP contribution in [0.5, 0.6) is 0 Å². The van der Waals surface area contributed by atoms with Gasteiger partial charge in [0.2, 0.25) is 0 Å². The molecule has 0 spiro atoms. The highest BCUT2D eigenvalue weighted by atomic mass is 32.2. The van der Waals surface area contributed by atoms with Gasteiger partial charge in [0.05, 0.1) is 18.5 Å². The molecule has 0 aromatic rings. The molecule has 1 N–H and O–H groups in total. The molecular weight excluding hydrogens is 499 g/mol. The Balaban J connectivity index is 1.77. The van der Waals surface area contributed by atoms with Gasteiger partial charge in [-0.15, -0.1) is 0 Å². The molecule has 0 aromatic heterocycles. The summed E-state index contributed by atoms with van der Waals surface area (Å²) >= 11 is 0.719. The van der Waals surface area contributed by atoms with Gasteiger partial charge in [0, 0.05) is 29.1 Å². The van der Waals surface area contributed by atoms with Gasteiger partial charge in [-0.1, -0.05) is 32.4 Å². The molecule has 3 fully saturated rings. The van der Waals surface area contributed by atoms with E-state index in [9.17, 15) is 24.3 Å². The maximum atomic E-state index is 17.4. The van der Waals surface area contributed by atoms with E-state index in [4.69, 9.17) is 9.47 Å². The lowest BCUT2D eigenvalue weighted by atomic mass is 9.44. The molecule has 0 aliphatic heterocycles. The van der Waals surface area contributed by atoms with Crippen molar-refractivity contribution in [3.05, 3.63) is 23.8 Å². The third-order valence-electron chi connectivity index (χ3n) is 9.74. The summed E-state index contributed by atoms with van der Waals surface area (Å²) < 4.78 is 28.4. The van der Waals surface area contributed by atoms with Gasteiger partial charge in [-0.3, -0.25) is 14.4 Å². The van der Waals surface area contributed by atoms with E-state index in [2.05, 4.69) is 0 Å². The second-order valence-corrected chi connectivity index (χ2v) is 12.3. The number of Topliss-reactive ketones (excluding diaryl/α,β-unsaturated/α-hetero) is 1. The van der Waals surface area contributed by atoms with Crippen molar-refractivity contribution in [1.29, 1.82) is 0 Å². The van der Waals surface area contributed by atoms with Crippen LogP contribution >= 0.6 is 11.8 Å². The molecule has 0 unspecified atom stereocenters. The molecule has 0 amide bonds. The Bertz CT molecular complexity index is 1070. The van der Waals surface area contributed by atoms with Crippen molar-refractivity contribution in [2.45, 2.75) is 84.1 Å². The minimum Gasteiger partial charge on any atom is -0.458 e. The highest BCUT2D eigenvalue weighted by Crippen LogP contribution is 2.71. The van der Waals surface area contributed by atoms with Gasteiger partial charge in [0.1, 0.15) is 0 Å². The van der Waals surface area contributed by atoms with E-state index >= 15 is 4.39 Å². The number of aliphatic hydroxyl groups is 1. The van der Waals surface area contributed by atoms with Crippen LogP contribution in [0.25, 0.3) is 0 Å². The number of aliphatic hydroxyl groups excluding tert-OH is 1. The number of halogens is 1. The number of esters is 1. The summed E-state index contributed by atoms with van der Waals surface area (Å²) in [5.41, 5.74) is -5.18. The zero-order valence-corrected chi connectivity index (χ0v) is 23.0. The smallest absolute Gasteiger partial charge is 0.367 e. The Kier molecular flexibility index (Phi) is 7.29. The number of carbonyl (C=O) groups excluding carboxylic acids is 4. The summed E-state index contributed by atoms with van der Waals surface area (Å²) in [4.78, 5) is 50.7. The van der Waals surface area contributed by atoms with Crippen molar-refractivity contribution in [2.75, 3.05) is 12.4 Å². The van der Waals surface area contributed by atoms with Crippen molar-refractivity contribution >= 4 is 34.6 Å². The van der Waals surface area contributed by atoms with Crippen LogP contribution in [0.2, 0.25) is 0 Å². The van der Waals surface area contributed by atoms with E-state index in [1.165, 1.54) is 12.2 Å². The average molecular weight is 537 g/mol. The van der Waals surface area contributed by atoms with Gasteiger partial charge < -0.3 is 14.6 Å². The largest absolute Gasteiger partial charge is 0.458 e.